The molecule has 102 valence electrons. The minimum atomic E-state index is 0.582. The highest BCUT2D eigenvalue weighted by Gasteiger charge is 2.12. The number of aromatic nitrogens is 3. The van der Waals surface area contributed by atoms with E-state index in [0.29, 0.717) is 5.88 Å². The number of imidazole rings is 1. The van der Waals surface area contributed by atoms with Crippen LogP contribution < -0.4 is 0 Å². The van der Waals surface area contributed by atoms with Gasteiger partial charge in [0.15, 0.2) is 0 Å². The standard InChI is InChI=1S/C16H16ClN3/c1-12-3-2-4-14-16(12)20(15(19-14)5-8-17)11-13-6-9-18-10-7-13/h2-4,6-7,9-10H,5,8,11H2,1H3. The summed E-state index contributed by atoms with van der Waals surface area (Å²) in [7, 11) is 0. The van der Waals surface area contributed by atoms with Crippen molar-refractivity contribution in [1.82, 2.24) is 14.5 Å². The molecule has 0 atom stereocenters. The Bertz CT molecular complexity index is 719. The van der Waals surface area contributed by atoms with Gasteiger partial charge in [0.1, 0.15) is 5.82 Å². The fraction of sp³-hybridized carbons (Fsp3) is 0.250. The normalized spacial score (nSPS) is 11.1. The highest BCUT2D eigenvalue weighted by molar-refractivity contribution is 6.17. The molecule has 3 aromatic rings. The van der Waals surface area contributed by atoms with Gasteiger partial charge >= 0.3 is 0 Å². The van der Waals surface area contributed by atoms with Gasteiger partial charge in [-0.3, -0.25) is 4.98 Å². The summed E-state index contributed by atoms with van der Waals surface area (Å²) >= 11 is 5.92. The fourth-order valence-corrected chi connectivity index (χ4v) is 2.70. The third-order valence-corrected chi connectivity index (χ3v) is 3.64. The van der Waals surface area contributed by atoms with E-state index < -0.39 is 0 Å². The van der Waals surface area contributed by atoms with E-state index in [4.69, 9.17) is 16.6 Å². The number of hydrogen-bond donors (Lipinski definition) is 0. The SMILES string of the molecule is Cc1cccc2nc(CCCl)n(Cc3ccncc3)c12. The third-order valence-electron chi connectivity index (χ3n) is 3.46. The van der Waals surface area contributed by atoms with E-state index in [9.17, 15) is 0 Å². The summed E-state index contributed by atoms with van der Waals surface area (Å²) in [4.78, 5) is 8.79. The van der Waals surface area contributed by atoms with Crippen LogP contribution in [0.4, 0.5) is 0 Å². The molecule has 0 amide bonds. The van der Waals surface area contributed by atoms with Crippen molar-refractivity contribution in [3.05, 3.63) is 59.7 Å². The van der Waals surface area contributed by atoms with E-state index in [2.05, 4.69) is 28.6 Å². The lowest BCUT2D eigenvalue weighted by atomic mass is 10.2. The average Bonchev–Trinajstić information content (AvgIpc) is 2.80. The molecule has 4 heteroatoms. The van der Waals surface area contributed by atoms with Gasteiger partial charge < -0.3 is 4.57 Å². The van der Waals surface area contributed by atoms with Crippen LogP contribution in [0.15, 0.2) is 42.7 Å². The topological polar surface area (TPSA) is 30.7 Å². The Morgan fingerprint density at radius 2 is 1.95 bits per heavy atom. The number of benzene rings is 1. The molecule has 0 N–H and O–H groups in total. The molecule has 0 aliphatic heterocycles. The second-order valence-electron chi connectivity index (χ2n) is 4.85. The number of hydrogen-bond acceptors (Lipinski definition) is 2. The summed E-state index contributed by atoms with van der Waals surface area (Å²) in [6, 6.07) is 10.3. The maximum Gasteiger partial charge on any atom is 0.111 e. The van der Waals surface area contributed by atoms with Crippen molar-refractivity contribution in [3.63, 3.8) is 0 Å². The number of rotatable bonds is 4. The van der Waals surface area contributed by atoms with Gasteiger partial charge in [0.25, 0.3) is 0 Å². The lowest BCUT2D eigenvalue weighted by molar-refractivity contribution is 0.752. The monoisotopic (exact) mass is 285 g/mol. The molecular weight excluding hydrogens is 270 g/mol. The van der Waals surface area contributed by atoms with Crippen LogP contribution in [-0.4, -0.2) is 20.4 Å². The highest BCUT2D eigenvalue weighted by Crippen LogP contribution is 2.22. The molecular formula is C16H16ClN3. The number of aryl methyl sites for hydroxylation is 2. The Balaban J connectivity index is 2.13. The second kappa shape index (κ2) is 5.63. The minimum Gasteiger partial charge on any atom is -0.323 e. The number of fused-ring (bicyclic) bond motifs is 1. The Kier molecular flexibility index (Phi) is 3.70. The van der Waals surface area contributed by atoms with Crippen LogP contribution in [0.5, 0.6) is 0 Å². The molecule has 3 nitrogen and oxygen atoms in total. The first-order valence-corrected chi connectivity index (χ1v) is 7.22. The molecule has 0 unspecified atom stereocenters. The smallest absolute Gasteiger partial charge is 0.111 e. The maximum absolute atomic E-state index is 5.92. The molecule has 0 spiro atoms. The van der Waals surface area contributed by atoms with E-state index in [-0.39, 0.29) is 0 Å². The van der Waals surface area contributed by atoms with Crippen molar-refractivity contribution in [3.8, 4) is 0 Å². The van der Waals surface area contributed by atoms with Crippen molar-refractivity contribution in [2.45, 2.75) is 19.9 Å². The van der Waals surface area contributed by atoms with Crippen molar-refractivity contribution in [1.29, 1.82) is 0 Å². The largest absolute Gasteiger partial charge is 0.323 e. The van der Waals surface area contributed by atoms with Gasteiger partial charge in [-0.05, 0) is 36.2 Å². The summed E-state index contributed by atoms with van der Waals surface area (Å²) in [6.45, 7) is 2.92. The minimum absolute atomic E-state index is 0.582. The van der Waals surface area contributed by atoms with E-state index in [1.165, 1.54) is 16.6 Å². The molecule has 0 fully saturated rings. The first-order valence-electron chi connectivity index (χ1n) is 6.69. The molecule has 0 bridgehead atoms. The number of halogens is 1. The first kappa shape index (κ1) is 13.1. The van der Waals surface area contributed by atoms with Gasteiger partial charge in [0.05, 0.1) is 11.0 Å². The van der Waals surface area contributed by atoms with Gasteiger partial charge in [-0.1, -0.05) is 12.1 Å². The van der Waals surface area contributed by atoms with Crippen LogP contribution in [0.1, 0.15) is 17.0 Å². The lowest BCUT2D eigenvalue weighted by Crippen LogP contribution is -2.06. The van der Waals surface area contributed by atoms with Crippen LogP contribution in [0.2, 0.25) is 0 Å². The molecule has 2 heterocycles. The van der Waals surface area contributed by atoms with Crippen molar-refractivity contribution < 1.29 is 0 Å². The van der Waals surface area contributed by atoms with Gasteiger partial charge in [-0.25, -0.2) is 4.98 Å². The summed E-state index contributed by atoms with van der Waals surface area (Å²) in [5.74, 6) is 1.62. The molecule has 0 radical (unpaired) electrons. The molecule has 1 aromatic carbocycles. The van der Waals surface area contributed by atoms with Crippen LogP contribution >= 0.6 is 11.6 Å². The second-order valence-corrected chi connectivity index (χ2v) is 5.23. The number of para-hydroxylation sites is 1. The van der Waals surface area contributed by atoms with Crippen LogP contribution in [0, 0.1) is 6.92 Å². The molecule has 0 aliphatic rings. The average molecular weight is 286 g/mol. The zero-order valence-electron chi connectivity index (χ0n) is 11.4. The Morgan fingerprint density at radius 3 is 2.70 bits per heavy atom. The zero-order chi connectivity index (χ0) is 13.9. The third kappa shape index (κ3) is 2.41. The van der Waals surface area contributed by atoms with E-state index in [0.717, 1.165) is 24.3 Å². The molecule has 3 rings (SSSR count). The molecule has 20 heavy (non-hydrogen) atoms. The van der Waals surface area contributed by atoms with Crippen molar-refractivity contribution in [2.75, 3.05) is 5.88 Å². The number of nitrogens with zero attached hydrogens (tertiary/aromatic N) is 3. The Hall–Kier alpha value is -1.87. The van der Waals surface area contributed by atoms with E-state index in [1.807, 2.05) is 30.6 Å². The summed E-state index contributed by atoms with van der Waals surface area (Å²) in [5, 5.41) is 0. The van der Waals surface area contributed by atoms with Crippen LogP contribution in [0.25, 0.3) is 11.0 Å². The maximum atomic E-state index is 5.92. The van der Waals surface area contributed by atoms with E-state index in [1.54, 1.807) is 0 Å². The Morgan fingerprint density at radius 1 is 1.15 bits per heavy atom. The first-order chi connectivity index (χ1) is 9.79. The molecule has 0 saturated heterocycles. The molecule has 0 aliphatic carbocycles. The van der Waals surface area contributed by atoms with Gasteiger partial charge in [-0.2, -0.15) is 0 Å². The Labute approximate surface area is 123 Å². The van der Waals surface area contributed by atoms with E-state index >= 15 is 0 Å². The summed E-state index contributed by atoms with van der Waals surface area (Å²) < 4.78 is 2.27. The summed E-state index contributed by atoms with van der Waals surface area (Å²) in [6.07, 6.45) is 4.42. The van der Waals surface area contributed by atoms with Gasteiger partial charge in [0, 0.05) is 31.2 Å². The zero-order valence-corrected chi connectivity index (χ0v) is 12.1. The van der Waals surface area contributed by atoms with Gasteiger partial charge in [0.2, 0.25) is 0 Å². The van der Waals surface area contributed by atoms with Gasteiger partial charge in [-0.15, -0.1) is 11.6 Å². The molecule has 0 saturated carbocycles. The molecule has 2 aromatic heterocycles. The predicted molar refractivity (Wildman–Crippen MR) is 82.2 cm³/mol. The van der Waals surface area contributed by atoms with Crippen molar-refractivity contribution >= 4 is 22.6 Å². The lowest BCUT2D eigenvalue weighted by Gasteiger charge is -2.10. The highest BCUT2D eigenvalue weighted by atomic mass is 35.5. The van der Waals surface area contributed by atoms with Crippen LogP contribution in [-0.2, 0) is 13.0 Å². The summed E-state index contributed by atoms with van der Waals surface area (Å²) in [5.41, 5.74) is 4.70. The van der Waals surface area contributed by atoms with Crippen LogP contribution in [0.3, 0.4) is 0 Å². The predicted octanol–water partition coefficient (Wildman–Crippen LogP) is 3.57. The number of pyridine rings is 1. The fourth-order valence-electron chi connectivity index (χ4n) is 2.53. The quantitative estimate of drug-likeness (QED) is 0.686. The number of alkyl halides is 1. The van der Waals surface area contributed by atoms with Crippen molar-refractivity contribution in [2.24, 2.45) is 0 Å².